The van der Waals surface area contributed by atoms with Crippen LogP contribution in [0, 0.1) is 11.3 Å². The number of thiol groups is 1. The van der Waals surface area contributed by atoms with Crippen LogP contribution in [0.1, 0.15) is 68.2 Å². The summed E-state index contributed by atoms with van der Waals surface area (Å²) in [5.74, 6) is -1.46. The highest BCUT2D eigenvalue weighted by molar-refractivity contribution is 7.81. The molecule has 0 bridgehead atoms. The second-order valence-corrected chi connectivity index (χ2v) is 11.7. The number of urea groups is 1. The SMILES string of the molecule is CCNC(=O)C(NC(=O)[C@@H](CC(C)C)NC(=O)[C@H](S)CCN1C(=O)N(C)C(C)(C)C1=O)C(C)(C)C. The number of likely N-dealkylation sites (N-methyl/N-ethyl adjacent to an activating group) is 2. The molecule has 0 aromatic carbocycles. The summed E-state index contributed by atoms with van der Waals surface area (Å²) in [6.07, 6.45) is 0.502. The van der Waals surface area contributed by atoms with Crippen molar-refractivity contribution in [3.8, 4) is 0 Å². The van der Waals surface area contributed by atoms with Crippen molar-refractivity contribution < 1.29 is 24.0 Å². The van der Waals surface area contributed by atoms with Gasteiger partial charge in [0.2, 0.25) is 17.7 Å². The average Bonchev–Trinajstić information content (AvgIpc) is 2.87. The van der Waals surface area contributed by atoms with Crippen LogP contribution in [0.2, 0.25) is 0 Å². The van der Waals surface area contributed by atoms with Gasteiger partial charge in [-0.3, -0.25) is 24.1 Å². The first-order valence-electron chi connectivity index (χ1n) is 12.1. The van der Waals surface area contributed by atoms with Crippen LogP contribution >= 0.6 is 12.6 Å². The first-order chi connectivity index (χ1) is 15.9. The van der Waals surface area contributed by atoms with Gasteiger partial charge in [0, 0.05) is 20.1 Å². The molecular formula is C24H43N5O5S. The van der Waals surface area contributed by atoms with Crippen LogP contribution in [-0.2, 0) is 19.2 Å². The van der Waals surface area contributed by atoms with Crippen molar-refractivity contribution in [3.05, 3.63) is 0 Å². The number of amides is 6. The first-order valence-corrected chi connectivity index (χ1v) is 12.6. The molecule has 1 rings (SSSR count). The number of imide groups is 1. The molecule has 1 unspecified atom stereocenters. The Morgan fingerprint density at radius 3 is 2.03 bits per heavy atom. The van der Waals surface area contributed by atoms with E-state index in [0.717, 1.165) is 4.90 Å². The van der Waals surface area contributed by atoms with Gasteiger partial charge < -0.3 is 20.9 Å². The van der Waals surface area contributed by atoms with E-state index in [0.29, 0.717) is 13.0 Å². The summed E-state index contributed by atoms with van der Waals surface area (Å²) in [6, 6.07) is -2.06. The minimum absolute atomic E-state index is 0.0390. The van der Waals surface area contributed by atoms with Gasteiger partial charge in [-0.25, -0.2) is 4.79 Å². The molecule has 1 heterocycles. The molecule has 1 fully saturated rings. The Morgan fingerprint density at radius 2 is 1.60 bits per heavy atom. The minimum Gasteiger partial charge on any atom is -0.355 e. The van der Waals surface area contributed by atoms with Crippen molar-refractivity contribution in [1.29, 1.82) is 0 Å². The molecule has 0 saturated carbocycles. The Kier molecular flexibility index (Phi) is 10.6. The van der Waals surface area contributed by atoms with Gasteiger partial charge in [0.1, 0.15) is 17.6 Å². The molecule has 0 aromatic rings. The van der Waals surface area contributed by atoms with E-state index in [1.54, 1.807) is 27.8 Å². The van der Waals surface area contributed by atoms with Gasteiger partial charge in [-0.05, 0) is 44.9 Å². The van der Waals surface area contributed by atoms with Crippen molar-refractivity contribution in [2.24, 2.45) is 11.3 Å². The number of carbonyl (C=O) groups is 5. The highest BCUT2D eigenvalue weighted by Gasteiger charge is 2.49. The number of rotatable bonds is 11. The maximum absolute atomic E-state index is 13.1. The van der Waals surface area contributed by atoms with Gasteiger partial charge in [-0.1, -0.05) is 34.6 Å². The highest BCUT2D eigenvalue weighted by atomic mass is 32.1. The van der Waals surface area contributed by atoms with E-state index in [9.17, 15) is 24.0 Å². The lowest BCUT2D eigenvalue weighted by molar-refractivity contribution is -0.134. The average molecular weight is 514 g/mol. The molecule has 3 atom stereocenters. The molecule has 1 aliphatic rings. The molecule has 11 heteroatoms. The molecule has 200 valence electrons. The summed E-state index contributed by atoms with van der Waals surface area (Å²) in [6.45, 7) is 15.0. The summed E-state index contributed by atoms with van der Waals surface area (Å²) < 4.78 is 0. The topological polar surface area (TPSA) is 128 Å². The lowest BCUT2D eigenvalue weighted by Gasteiger charge is -2.32. The van der Waals surface area contributed by atoms with Crippen molar-refractivity contribution >= 4 is 42.3 Å². The van der Waals surface area contributed by atoms with Crippen LogP contribution in [-0.4, -0.2) is 82.5 Å². The second kappa shape index (κ2) is 12.1. The van der Waals surface area contributed by atoms with E-state index in [4.69, 9.17) is 0 Å². The summed E-state index contributed by atoms with van der Waals surface area (Å²) in [7, 11) is 1.56. The molecule has 10 nitrogen and oxygen atoms in total. The first kappa shape index (κ1) is 30.7. The number of hydrogen-bond donors (Lipinski definition) is 4. The Morgan fingerprint density at radius 1 is 1.03 bits per heavy atom. The third-order valence-corrected chi connectivity index (χ3v) is 6.65. The fourth-order valence-corrected chi connectivity index (χ4v) is 3.92. The van der Waals surface area contributed by atoms with E-state index >= 15 is 0 Å². The van der Waals surface area contributed by atoms with Crippen LogP contribution in [0.4, 0.5) is 4.79 Å². The third-order valence-electron chi connectivity index (χ3n) is 6.16. The predicted molar refractivity (Wildman–Crippen MR) is 138 cm³/mol. The maximum atomic E-state index is 13.1. The van der Waals surface area contributed by atoms with Crippen molar-refractivity contribution in [3.63, 3.8) is 0 Å². The second-order valence-electron chi connectivity index (χ2n) is 11.1. The number of hydrogen-bond acceptors (Lipinski definition) is 6. The van der Waals surface area contributed by atoms with Gasteiger partial charge in [-0.15, -0.1) is 0 Å². The highest BCUT2D eigenvalue weighted by Crippen LogP contribution is 2.26. The van der Waals surface area contributed by atoms with E-state index in [-0.39, 0.29) is 30.7 Å². The fourth-order valence-electron chi connectivity index (χ4n) is 3.73. The zero-order chi connectivity index (χ0) is 27.3. The number of nitrogens with zero attached hydrogens (tertiary/aromatic N) is 2. The molecule has 0 aromatic heterocycles. The molecule has 0 aliphatic carbocycles. The van der Waals surface area contributed by atoms with E-state index < -0.39 is 46.1 Å². The van der Waals surface area contributed by atoms with Crippen LogP contribution in [0.25, 0.3) is 0 Å². The zero-order valence-electron chi connectivity index (χ0n) is 22.5. The quantitative estimate of drug-likeness (QED) is 0.246. The monoisotopic (exact) mass is 513 g/mol. The van der Waals surface area contributed by atoms with Crippen molar-refractivity contribution in [1.82, 2.24) is 25.8 Å². The zero-order valence-corrected chi connectivity index (χ0v) is 23.4. The van der Waals surface area contributed by atoms with E-state index in [1.807, 2.05) is 34.6 Å². The van der Waals surface area contributed by atoms with Gasteiger partial charge in [0.25, 0.3) is 5.91 Å². The lowest BCUT2D eigenvalue weighted by atomic mass is 9.85. The lowest BCUT2D eigenvalue weighted by Crippen LogP contribution is -2.58. The minimum atomic E-state index is -0.945. The number of nitrogens with one attached hydrogen (secondary N) is 3. The normalized spacial score (nSPS) is 18.4. The molecule has 0 spiro atoms. The summed E-state index contributed by atoms with van der Waals surface area (Å²) in [4.78, 5) is 66.0. The smallest absolute Gasteiger partial charge is 0.327 e. The molecule has 6 amide bonds. The van der Waals surface area contributed by atoms with E-state index in [2.05, 4.69) is 28.6 Å². The molecular weight excluding hydrogens is 470 g/mol. The Labute approximate surface area is 214 Å². The Balaban J connectivity index is 2.88. The van der Waals surface area contributed by atoms with Crippen molar-refractivity contribution in [2.75, 3.05) is 20.1 Å². The number of carbonyl (C=O) groups excluding carboxylic acids is 5. The van der Waals surface area contributed by atoms with E-state index in [1.165, 1.54) is 4.90 Å². The van der Waals surface area contributed by atoms with Gasteiger partial charge >= 0.3 is 6.03 Å². The van der Waals surface area contributed by atoms with Gasteiger partial charge in [0.05, 0.1) is 5.25 Å². The Bertz CT molecular complexity index is 824. The predicted octanol–water partition coefficient (Wildman–Crippen LogP) is 1.55. The summed E-state index contributed by atoms with van der Waals surface area (Å²) >= 11 is 4.36. The molecule has 1 aliphatic heterocycles. The van der Waals surface area contributed by atoms with Crippen LogP contribution in [0.5, 0.6) is 0 Å². The third kappa shape index (κ3) is 7.85. The maximum Gasteiger partial charge on any atom is 0.327 e. The summed E-state index contributed by atoms with van der Waals surface area (Å²) in [5.41, 5.74) is -1.48. The molecule has 35 heavy (non-hydrogen) atoms. The standard InChI is InChI=1S/C24H43N5O5S/c1-10-25-20(32)17(23(4,5)6)27-18(30)15(13-14(2)3)26-19(31)16(35)11-12-29-21(33)24(7,8)28(9)22(29)34/h14-17,35H,10-13H2,1-9H3,(H,25,32)(H,26,31)(H,27,30)/t15-,16-,17?/m1/s1. The fraction of sp³-hybridized carbons (Fsp3) is 0.792. The molecule has 3 N–H and O–H groups in total. The van der Waals surface area contributed by atoms with Gasteiger partial charge in [0.15, 0.2) is 0 Å². The van der Waals surface area contributed by atoms with Crippen LogP contribution in [0.15, 0.2) is 0 Å². The molecule has 0 radical (unpaired) electrons. The summed E-state index contributed by atoms with van der Waals surface area (Å²) in [5, 5.41) is 7.44. The van der Waals surface area contributed by atoms with Crippen LogP contribution in [0.3, 0.4) is 0 Å². The largest absolute Gasteiger partial charge is 0.355 e. The van der Waals surface area contributed by atoms with Crippen molar-refractivity contribution in [2.45, 2.75) is 91.1 Å². The Hall–Kier alpha value is -2.30. The van der Waals surface area contributed by atoms with Gasteiger partial charge in [-0.2, -0.15) is 12.6 Å². The van der Waals surface area contributed by atoms with Crippen LogP contribution < -0.4 is 16.0 Å². The molecule has 1 saturated heterocycles.